The molecular weight excluding hydrogens is 262 g/mol. The van der Waals surface area contributed by atoms with Crippen molar-refractivity contribution in [3.63, 3.8) is 0 Å². The Balaban J connectivity index is 2.27. The van der Waals surface area contributed by atoms with Crippen LogP contribution in [0.1, 0.15) is 37.6 Å². The molecule has 1 N–H and O–H groups in total. The molecule has 0 amide bonds. The first kappa shape index (κ1) is 15.4. The van der Waals surface area contributed by atoms with Gasteiger partial charge in [0.15, 0.2) is 0 Å². The van der Waals surface area contributed by atoms with Crippen molar-refractivity contribution >= 4 is 0 Å². The molecule has 2 aromatic rings. The summed E-state index contributed by atoms with van der Waals surface area (Å²) >= 11 is 0. The molecule has 0 aliphatic rings. The highest BCUT2D eigenvalue weighted by atomic mass is 16.5. The van der Waals surface area contributed by atoms with E-state index in [0.717, 1.165) is 11.4 Å². The fraction of sp³-hybridized carbons (Fsp3) is 0.412. The van der Waals surface area contributed by atoms with Crippen molar-refractivity contribution in [2.75, 3.05) is 7.05 Å². The molecule has 0 spiro atoms. The van der Waals surface area contributed by atoms with Crippen molar-refractivity contribution in [3.8, 4) is 11.6 Å². The van der Waals surface area contributed by atoms with Crippen LogP contribution in [0.2, 0.25) is 0 Å². The molecule has 0 bridgehead atoms. The van der Waals surface area contributed by atoms with Crippen LogP contribution in [0.4, 0.5) is 0 Å². The highest BCUT2D eigenvalue weighted by Gasteiger charge is 2.19. The molecule has 21 heavy (non-hydrogen) atoms. The number of aryl methyl sites for hydroxylation is 1. The number of ether oxygens (including phenoxy) is 1. The molecule has 1 aromatic carbocycles. The van der Waals surface area contributed by atoms with Crippen molar-refractivity contribution in [3.05, 3.63) is 47.2 Å². The molecule has 4 heteroatoms. The lowest BCUT2D eigenvalue weighted by Gasteiger charge is -2.23. The van der Waals surface area contributed by atoms with E-state index in [2.05, 4.69) is 49.3 Å². The SMILES string of the molecule is CNCc1ccc(Oc2ccc(C)cc2C(C)(C)C)nn1. The van der Waals surface area contributed by atoms with Crippen LogP contribution in [0.15, 0.2) is 30.3 Å². The van der Waals surface area contributed by atoms with Crippen molar-refractivity contribution in [1.29, 1.82) is 0 Å². The molecule has 4 nitrogen and oxygen atoms in total. The molecule has 0 unspecified atom stereocenters. The van der Waals surface area contributed by atoms with Gasteiger partial charge in [-0.15, -0.1) is 5.10 Å². The van der Waals surface area contributed by atoms with Gasteiger partial charge in [0, 0.05) is 18.2 Å². The van der Waals surface area contributed by atoms with Gasteiger partial charge >= 0.3 is 0 Å². The van der Waals surface area contributed by atoms with Gasteiger partial charge < -0.3 is 10.1 Å². The minimum Gasteiger partial charge on any atom is -0.437 e. The zero-order valence-corrected chi connectivity index (χ0v) is 13.4. The van der Waals surface area contributed by atoms with Crippen LogP contribution in [-0.4, -0.2) is 17.2 Å². The van der Waals surface area contributed by atoms with E-state index in [0.29, 0.717) is 12.4 Å². The number of rotatable bonds is 4. The summed E-state index contributed by atoms with van der Waals surface area (Å²) in [7, 11) is 1.88. The molecule has 0 aliphatic heterocycles. The fourth-order valence-corrected chi connectivity index (χ4v) is 2.11. The third kappa shape index (κ3) is 4.02. The molecule has 112 valence electrons. The second kappa shape index (κ2) is 6.22. The van der Waals surface area contributed by atoms with Crippen LogP contribution in [0.5, 0.6) is 11.6 Å². The molecule has 0 saturated carbocycles. The number of benzene rings is 1. The van der Waals surface area contributed by atoms with Gasteiger partial charge in [-0.2, -0.15) is 5.10 Å². The van der Waals surface area contributed by atoms with Gasteiger partial charge in [0.2, 0.25) is 5.88 Å². The molecular formula is C17H23N3O. The smallest absolute Gasteiger partial charge is 0.238 e. The molecule has 0 fully saturated rings. The van der Waals surface area contributed by atoms with E-state index < -0.39 is 0 Å². The standard InChI is InChI=1S/C17H23N3O/c1-12-6-8-15(14(10-12)17(2,3)4)21-16-9-7-13(11-18-5)19-20-16/h6-10,18H,11H2,1-5H3. The third-order valence-corrected chi connectivity index (χ3v) is 3.21. The first-order chi connectivity index (χ1) is 9.90. The zero-order valence-electron chi connectivity index (χ0n) is 13.4. The summed E-state index contributed by atoms with van der Waals surface area (Å²) in [6, 6.07) is 9.99. The predicted octanol–water partition coefficient (Wildman–Crippen LogP) is 3.59. The number of nitrogens with one attached hydrogen (secondary N) is 1. The Morgan fingerprint density at radius 3 is 2.43 bits per heavy atom. The van der Waals surface area contributed by atoms with E-state index in [1.54, 1.807) is 0 Å². The first-order valence-corrected chi connectivity index (χ1v) is 7.16. The molecule has 0 atom stereocenters. The molecule has 0 saturated heterocycles. The van der Waals surface area contributed by atoms with Crippen molar-refractivity contribution in [2.24, 2.45) is 0 Å². The topological polar surface area (TPSA) is 47.0 Å². The Kier molecular flexibility index (Phi) is 4.58. The summed E-state index contributed by atoms with van der Waals surface area (Å²) in [5.41, 5.74) is 3.30. The highest BCUT2D eigenvalue weighted by Crippen LogP contribution is 2.34. The van der Waals surface area contributed by atoms with Crippen molar-refractivity contribution in [2.45, 2.75) is 39.7 Å². The van der Waals surface area contributed by atoms with E-state index in [9.17, 15) is 0 Å². The summed E-state index contributed by atoms with van der Waals surface area (Å²) in [6.07, 6.45) is 0. The Labute approximate surface area is 126 Å². The lowest BCUT2D eigenvalue weighted by Crippen LogP contribution is -2.13. The Bertz CT molecular complexity index is 600. The number of aromatic nitrogens is 2. The summed E-state index contributed by atoms with van der Waals surface area (Å²) < 4.78 is 5.93. The van der Waals surface area contributed by atoms with Gasteiger partial charge in [-0.25, -0.2) is 0 Å². The van der Waals surface area contributed by atoms with Crippen LogP contribution in [0, 0.1) is 6.92 Å². The molecule has 0 radical (unpaired) electrons. The maximum absolute atomic E-state index is 5.93. The van der Waals surface area contributed by atoms with Gasteiger partial charge in [-0.05, 0) is 31.5 Å². The van der Waals surface area contributed by atoms with E-state index in [4.69, 9.17) is 4.74 Å². The van der Waals surface area contributed by atoms with Gasteiger partial charge in [0.25, 0.3) is 0 Å². The van der Waals surface area contributed by atoms with Gasteiger partial charge in [0.05, 0.1) is 5.69 Å². The maximum atomic E-state index is 5.93. The average molecular weight is 285 g/mol. The third-order valence-electron chi connectivity index (χ3n) is 3.21. The minimum absolute atomic E-state index is 0.0147. The van der Waals surface area contributed by atoms with E-state index >= 15 is 0 Å². The van der Waals surface area contributed by atoms with Gasteiger partial charge in [0.1, 0.15) is 5.75 Å². The molecule has 0 aliphatic carbocycles. The normalized spacial score (nSPS) is 11.5. The van der Waals surface area contributed by atoms with Gasteiger partial charge in [-0.1, -0.05) is 38.5 Å². The monoisotopic (exact) mass is 285 g/mol. The van der Waals surface area contributed by atoms with Crippen molar-refractivity contribution in [1.82, 2.24) is 15.5 Å². The lowest BCUT2D eigenvalue weighted by atomic mass is 9.85. The average Bonchev–Trinajstić information content (AvgIpc) is 2.42. The van der Waals surface area contributed by atoms with E-state index in [1.807, 2.05) is 31.3 Å². The Morgan fingerprint density at radius 1 is 1.10 bits per heavy atom. The summed E-state index contributed by atoms with van der Waals surface area (Å²) in [6.45, 7) is 9.32. The second-order valence-corrected chi connectivity index (χ2v) is 6.24. The molecule has 2 rings (SSSR count). The first-order valence-electron chi connectivity index (χ1n) is 7.16. The van der Waals surface area contributed by atoms with E-state index in [1.165, 1.54) is 11.1 Å². The van der Waals surface area contributed by atoms with Crippen LogP contribution in [0.25, 0.3) is 0 Å². The van der Waals surface area contributed by atoms with Crippen LogP contribution < -0.4 is 10.1 Å². The molecule has 1 aromatic heterocycles. The summed E-state index contributed by atoms with van der Waals surface area (Å²) in [4.78, 5) is 0. The lowest BCUT2D eigenvalue weighted by molar-refractivity contribution is 0.432. The highest BCUT2D eigenvalue weighted by molar-refractivity contribution is 5.42. The predicted molar refractivity (Wildman–Crippen MR) is 84.7 cm³/mol. The van der Waals surface area contributed by atoms with Gasteiger partial charge in [-0.3, -0.25) is 0 Å². The summed E-state index contributed by atoms with van der Waals surface area (Å²) in [5, 5.41) is 11.3. The number of hydrogen-bond donors (Lipinski definition) is 1. The Hall–Kier alpha value is -1.94. The van der Waals surface area contributed by atoms with E-state index in [-0.39, 0.29) is 5.41 Å². The van der Waals surface area contributed by atoms with Crippen LogP contribution in [0.3, 0.4) is 0 Å². The number of nitrogens with zero attached hydrogens (tertiary/aromatic N) is 2. The van der Waals surface area contributed by atoms with Crippen LogP contribution in [-0.2, 0) is 12.0 Å². The zero-order chi connectivity index (χ0) is 15.5. The number of hydrogen-bond acceptors (Lipinski definition) is 4. The maximum Gasteiger partial charge on any atom is 0.238 e. The Morgan fingerprint density at radius 2 is 1.86 bits per heavy atom. The van der Waals surface area contributed by atoms with Crippen LogP contribution >= 0.6 is 0 Å². The quantitative estimate of drug-likeness (QED) is 0.932. The van der Waals surface area contributed by atoms with Crippen molar-refractivity contribution < 1.29 is 4.74 Å². The summed E-state index contributed by atoms with van der Waals surface area (Å²) in [5.74, 6) is 1.35. The second-order valence-electron chi connectivity index (χ2n) is 6.24. The molecule has 1 heterocycles. The largest absolute Gasteiger partial charge is 0.437 e. The fourth-order valence-electron chi connectivity index (χ4n) is 2.11. The minimum atomic E-state index is 0.0147.